The molecule has 1 aliphatic rings. The predicted octanol–water partition coefficient (Wildman–Crippen LogP) is 3.91. The van der Waals surface area contributed by atoms with Crippen molar-refractivity contribution in [1.29, 1.82) is 0 Å². The summed E-state index contributed by atoms with van der Waals surface area (Å²) in [6, 6.07) is 7.86. The molecule has 1 amide bonds. The number of hydrogen-bond acceptors (Lipinski definition) is 1. The lowest BCUT2D eigenvalue weighted by Crippen LogP contribution is -2.32. The number of carbonyl (C=O) groups excluding carboxylic acids is 1. The van der Waals surface area contributed by atoms with Crippen LogP contribution < -0.4 is 5.32 Å². The Labute approximate surface area is 128 Å². The van der Waals surface area contributed by atoms with E-state index >= 15 is 0 Å². The molecule has 1 fully saturated rings. The van der Waals surface area contributed by atoms with E-state index in [0.29, 0.717) is 17.7 Å². The van der Waals surface area contributed by atoms with Gasteiger partial charge in [0.2, 0.25) is 5.91 Å². The average Bonchev–Trinajstić information content (AvgIpc) is 2.39. The fourth-order valence-corrected chi connectivity index (χ4v) is 3.19. The smallest absolute Gasteiger partial charge is 0.224 e. The molecule has 0 heterocycles. The summed E-state index contributed by atoms with van der Waals surface area (Å²) in [6.07, 6.45) is 4.96. The molecule has 2 nitrogen and oxygen atoms in total. The molecule has 0 spiro atoms. The van der Waals surface area contributed by atoms with Gasteiger partial charge in [-0.25, -0.2) is 0 Å². The second-order valence-corrected chi connectivity index (χ2v) is 6.77. The third kappa shape index (κ3) is 5.15. The van der Waals surface area contributed by atoms with Crippen molar-refractivity contribution in [2.24, 2.45) is 5.92 Å². The van der Waals surface area contributed by atoms with Gasteiger partial charge >= 0.3 is 0 Å². The Morgan fingerprint density at radius 2 is 2.05 bits per heavy atom. The van der Waals surface area contributed by atoms with E-state index < -0.39 is 0 Å². The molecule has 2 unspecified atom stereocenters. The summed E-state index contributed by atoms with van der Waals surface area (Å²) in [5.41, 5.74) is 1.04. The van der Waals surface area contributed by atoms with Crippen LogP contribution in [0.15, 0.2) is 28.7 Å². The molecule has 2 rings (SSSR count). The monoisotopic (exact) mass is 343 g/mol. The van der Waals surface area contributed by atoms with Crippen molar-refractivity contribution < 1.29 is 4.79 Å². The molecule has 1 aromatic carbocycles. The normalized spacial score (nSPS) is 23.1. The van der Waals surface area contributed by atoms with Crippen LogP contribution in [-0.4, -0.2) is 17.8 Å². The fraction of sp³-hybridized carbons (Fsp3) is 0.533. The Hall–Kier alpha value is -0.540. The van der Waals surface area contributed by atoms with Gasteiger partial charge in [0, 0.05) is 16.4 Å². The van der Waals surface area contributed by atoms with E-state index in [0.717, 1.165) is 29.4 Å². The van der Waals surface area contributed by atoms with Gasteiger partial charge < -0.3 is 5.32 Å². The average molecular weight is 345 g/mol. The SMILES string of the molecule is O=C(Cc1ccc(Br)cc1)NCC1CCCC(Cl)C1. The molecular formula is C15H19BrClNO. The highest BCUT2D eigenvalue weighted by molar-refractivity contribution is 9.10. The number of carbonyl (C=O) groups is 1. The van der Waals surface area contributed by atoms with Gasteiger partial charge in [-0.15, -0.1) is 11.6 Å². The third-order valence-corrected chi connectivity index (χ3v) is 4.51. The van der Waals surface area contributed by atoms with E-state index in [9.17, 15) is 4.79 Å². The summed E-state index contributed by atoms with van der Waals surface area (Å²) in [4.78, 5) is 11.9. The quantitative estimate of drug-likeness (QED) is 0.825. The molecule has 0 bridgehead atoms. The molecule has 1 N–H and O–H groups in total. The largest absolute Gasteiger partial charge is 0.356 e. The van der Waals surface area contributed by atoms with Crippen molar-refractivity contribution in [3.63, 3.8) is 0 Å². The first-order valence-electron chi connectivity index (χ1n) is 6.78. The third-order valence-electron chi connectivity index (χ3n) is 3.58. The number of nitrogens with one attached hydrogen (secondary N) is 1. The lowest BCUT2D eigenvalue weighted by atomic mass is 9.89. The Bertz CT molecular complexity index is 421. The van der Waals surface area contributed by atoms with Crippen LogP contribution in [0.25, 0.3) is 0 Å². The van der Waals surface area contributed by atoms with Gasteiger partial charge in [0.25, 0.3) is 0 Å². The number of amides is 1. The Morgan fingerprint density at radius 3 is 2.74 bits per heavy atom. The fourth-order valence-electron chi connectivity index (χ4n) is 2.52. The minimum atomic E-state index is 0.0963. The molecule has 1 aromatic rings. The molecular weight excluding hydrogens is 326 g/mol. The number of hydrogen-bond donors (Lipinski definition) is 1. The molecule has 2 atom stereocenters. The Morgan fingerprint density at radius 1 is 1.32 bits per heavy atom. The zero-order valence-corrected chi connectivity index (χ0v) is 13.2. The van der Waals surface area contributed by atoms with Crippen LogP contribution >= 0.6 is 27.5 Å². The van der Waals surface area contributed by atoms with Gasteiger partial charge in [0.15, 0.2) is 0 Å². The maximum Gasteiger partial charge on any atom is 0.224 e. The lowest BCUT2D eigenvalue weighted by Gasteiger charge is -2.25. The van der Waals surface area contributed by atoms with Crippen LogP contribution in [0.5, 0.6) is 0 Å². The van der Waals surface area contributed by atoms with E-state index in [1.54, 1.807) is 0 Å². The molecule has 0 radical (unpaired) electrons. The van der Waals surface area contributed by atoms with Gasteiger partial charge in [0.05, 0.1) is 6.42 Å². The summed E-state index contributed by atoms with van der Waals surface area (Å²) in [5, 5.41) is 3.32. The van der Waals surface area contributed by atoms with Crippen LogP contribution in [0, 0.1) is 5.92 Å². The standard InChI is InChI=1S/C15H19BrClNO/c16-13-6-4-11(5-7-13)9-15(19)18-10-12-2-1-3-14(17)8-12/h4-7,12,14H,1-3,8-10H2,(H,18,19). The van der Waals surface area contributed by atoms with Crippen molar-refractivity contribution in [2.75, 3.05) is 6.54 Å². The first kappa shape index (κ1) is 14.9. The van der Waals surface area contributed by atoms with Gasteiger partial charge in [-0.1, -0.05) is 34.5 Å². The van der Waals surface area contributed by atoms with Crippen LogP contribution in [0.3, 0.4) is 0 Å². The number of alkyl halides is 1. The van der Waals surface area contributed by atoms with Gasteiger partial charge in [-0.3, -0.25) is 4.79 Å². The van der Waals surface area contributed by atoms with Crippen LogP contribution in [0.1, 0.15) is 31.2 Å². The predicted molar refractivity (Wildman–Crippen MR) is 82.5 cm³/mol. The van der Waals surface area contributed by atoms with Crippen LogP contribution in [0.2, 0.25) is 0 Å². The summed E-state index contributed by atoms with van der Waals surface area (Å²) >= 11 is 9.54. The highest BCUT2D eigenvalue weighted by atomic mass is 79.9. The summed E-state index contributed by atoms with van der Waals surface area (Å²) in [7, 11) is 0. The van der Waals surface area contributed by atoms with E-state index in [4.69, 9.17) is 11.6 Å². The zero-order chi connectivity index (χ0) is 13.7. The molecule has 19 heavy (non-hydrogen) atoms. The van der Waals surface area contributed by atoms with Crippen molar-refractivity contribution in [3.8, 4) is 0 Å². The molecule has 1 saturated carbocycles. The summed E-state index contributed by atoms with van der Waals surface area (Å²) in [6.45, 7) is 0.762. The van der Waals surface area contributed by atoms with E-state index in [2.05, 4.69) is 21.2 Å². The second kappa shape index (κ2) is 7.30. The van der Waals surface area contributed by atoms with E-state index in [1.807, 2.05) is 24.3 Å². The number of rotatable bonds is 4. The number of halogens is 2. The van der Waals surface area contributed by atoms with Crippen LogP contribution in [-0.2, 0) is 11.2 Å². The van der Waals surface area contributed by atoms with E-state index in [1.165, 1.54) is 12.8 Å². The molecule has 1 aliphatic carbocycles. The highest BCUT2D eigenvalue weighted by Gasteiger charge is 2.20. The van der Waals surface area contributed by atoms with Crippen molar-refractivity contribution in [2.45, 2.75) is 37.5 Å². The zero-order valence-electron chi connectivity index (χ0n) is 10.9. The topological polar surface area (TPSA) is 29.1 Å². The Balaban J connectivity index is 1.73. The minimum Gasteiger partial charge on any atom is -0.356 e. The van der Waals surface area contributed by atoms with Gasteiger partial charge in [-0.05, 0) is 42.9 Å². The molecule has 0 saturated heterocycles. The van der Waals surface area contributed by atoms with Crippen molar-refractivity contribution >= 4 is 33.4 Å². The molecule has 0 aromatic heterocycles. The molecule has 104 valence electrons. The molecule has 4 heteroatoms. The summed E-state index contributed by atoms with van der Waals surface area (Å²) in [5.74, 6) is 0.643. The lowest BCUT2D eigenvalue weighted by molar-refractivity contribution is -0.120. The van der Waals surface area contributed by atoms with Crippen LogP contribution in [0.4, 0.5) is 0 Å². The first-order chi connectivity index (χ1) is 9.13. The maximum atomic E-state index is 11.9. The highest BCUT2D eigenvalue weighted by Crippen LogP contribution is 2.27. The maximum absolute atomic E-state index is 11.9. The van der Waals surface area contributed by atoms with E-state index in [-0.39, 0.29) is 5.91 Å². The first-order valence-corrected chi connectivity index (χ1v) is 8.01. The number of benzene rings is 1. The molecule has 0 aliphatic heterocycles. The van der Waals surface area contributed by atoms with Crippen molar-refractivity contribution in [3.05, 3.63) is 34.3 Å². The van der Waals surface area contributed by atoms with Gasteiger partial charge in [-0.2, -0.15) is 0 Å². The Kier molecular flexibility index (Phi) is 5.71. The summed E-state index contributed by atoms with van der Waals surface area (Å²) < 4.78 is 1.03. The van der Waals surface area contributed by atoms with Gasteiger partial charge in [0.1, 0.15) is 0 Å². The van der Waals surface area contributed by atoms with Crippen molar-refractivity contribution in [1.82, 2.24) is 5.32 Å². The second-order valence-electron chi connectivity index (χ2n) is 5.24. The minimum absolute atomic E-state index is 0.0963.